The van der Waals surface area contributed by atoms with Gasteiger partial charge in [0.25, 0.3) is 5.91 Å². The highest BCUT2D eigenvalue weighted by molar-refractivity contribution is 9.10. The lowest BCUT2D eigenvalue weighted by Gasteiger charge is -2.12. The van der Waals surface area contributed by atoms with Crippen molar-refractivity contribution in [1.82, 2.24) is 0 Å². The van der Waals surface area contributed by atoms with Crippen molar-refractivity contribution < 1.29 is 14.3 Å². The minimum absolute atomic E-state index is 0.234. The van der Waals surface area contributed by atoms with E-state index in [1.807, 2.05) is 26.0 Å². The van der Waals surface area contributed by atoms with Gasteiger partial charge in [0.05, 0.1) is 10.6 Å². The van der Waals surface area contributed by atoms with E-state index in [1.54, 1.807) is 24.3 Å². The van der Waals surface area contributed by atoms with E-state index in [9.17, 15) is 9.59 Å². The number of anilines is 1. The standard InChI is InChI=1S/C17H15BrClNO3/c1-10-7-12(18)8-11(2)16(10)20-15(21)9-23-17(22)13-5-3-4-6-14(13)19/h3-8H,9H2,1-2H3,(H,20,21). The molecule has 0 aliphatic carbocycles. The molecule has 0 spiro atoms. The van der Waals surface area contributed by atoms with E-state index < -0.39 is 11.9 Å². The lowest BCUT2D eigenvalue weighted by Crippen LogP contribution is -2.22. The first-order chi connectivity index (χ1) is 10.9. The highest BCUT2D eigenvalue weighted by atomic mass is 79.9. The maximum atomic E-state index is 12.0. The van der Waals surface area contributed by atoms with E-state index in [4.69, 9.17) is 16.3 Å². The van der Waals surface area contributed by atoms with Gasteiger partial charge in [-0.3, -0.25) is 4.79 Å². The molecule has 1 N–H and O–H groups in total. The maximum absolute atomic E-state index is 12.0. The van der Waals surface area contributed by atoms with Gasteiger partial charge in [-0.05, 0) is 49.2 Å². The van der Waals surface area contributed by atoms with Crippen LogP contribution in [0.5, 0.6) is 0 Å². The smallest absolute Gasteiger partial charge is 0.340 e. The number of hydrogen-bond acceptors (Lipinski definition) is 3. The Hall–Kier alpha value is -1.85. The number of esters is 1. The van der Waals surface area contributed by atoms with E-state index in [0.29, 0.717) is 5.69 Å². The second kappa shape index (κ2) is 7.62. The van der Waals surface area contributed by atoms with Crippen LogP contribution in [-0.2, 0) is 9.53 Å². The molecule has 0 atom stereocenters. The van der Waals surface area contributed by atoms with Gasteiger partial charge in [0.15, 0.2) is 6.61 Å². The quantitative estimate of drug-likeness (QED) is 0.773. The molecular weight excluding hydrogens is 382 g/mol. The summed E-state index contributed by atoms with van der Waals surface area (Å²) in [6.07, 6.45) is 0. The molecule has 6 heteroatoms. The summed E-state index contributed by atoms with van der Waals surface area (Å²) in [6.45, 7) is 3.41. The van der Waals surface area contributed by atoms with Crippen LogP contribution in [0, 0.1) is 13.8 Å². The van der Waals surface area contributed by atoms with Gasteiger partial charge >= 0.3 is 5.97 Å². The Bertz CT molecular complexity index is 738. The summed E-state index contributed by atoms with van der Waals surface area (Å²) in [5.41, 5.74) is 2.79. The maximum Gasteiger partial charge on any atom is 0.340 e. The largest absolute Gasteiger partial charge is 0.452 e. The average molecular weight is 397 g/mol. The number of carbonyl (C=O) groups excluding carboxylic acids is 2. The predicted molar refractivity (Wildman–Crippen MR) is 94.0 cm³/mol. The third-order valence-corrected chi connectivity index (χ3v) is 3.98. The number of nitrogens with one attached hydrogen (secondary N) is 1. The van der Waals surface area contributed by atoms with E-state index in [1.165, 1.54) is 0 Å². The van der Waals surface area contributed by atoms with Crippen molar-refractivity contribution in [3.63, 3.8) is 0 Å². The zero-order valence-corrected chi connectivity index (χ0v) is 15.0. The van der Waals surface area contributed by atoms with E-state index in [2.05, 4.69) is 21.2 Å². The molecule has 0 unspecified atom stereocenters. The lowest BCUT2D eigenvalue weighted by molar-refractivity contribution is -0.119. The first-order valence-corrected chi connectivity index (χ1v) is 8.04. The van der Waals surface area contributed by atoms with Gasteiger partial charge in [-0.1, -0.05) is 39.7 Å². The van der Waals surface area contributed by atoms with E-state index >= 15 is 0 Å². The fourth-order valence-corrected chi connectivity index (χ4v) is 3.02. The molecule has 2 aromatic rings. The molecule has 0 aliphatic heterocycles. The summed E-state index contributed by atoms with van der Waals surface area (Å²) in [5.74, 6) is -1.03. The van der Waals surface area contributed by atoms with Gasteiger partial charge in [0, 0.05) is 10.2 Å². The number of amides is 1. The molecule has 0 heterocycles. The summed E-state index contributed by atoms with van der Waals surface area (Å²) < 4.78 is 5.94. The van der Waals surface area contributed by atoms with Crippen LogP contribution in [0.4, 0.5) is 5.69 Å². The molecule has 0 fully saturated rings. The highest BCUT2D eigenvalue weighted by Crippen LogP contribution is 2.25. The van der Waals surface area contributed by atoms with E-state index in [0.717, 1.165) is 15.6 Å². The molecule has 2 rings (SSSR count). The van der Waals surface area contributed by atoms with E-state index in [-0.39, 0.29) is 17.2 Å². The fraction of sp³-hybridized carbons (Fsp3) is 0.176. The van der Waals surface area contributed by atoms with Crippen molar-refractivity contribution in [2.24, 2.45) is 0 Å². The summed E-state index contributed by atoms with van der Waals surface area (Å²) in [6, 6.07) is 10.3. The SMILES string of the molecule is Cc1cc(Br)cc(C)c1NC(=O)COC(=O)c1ccccc1Cl. The van der Waals surface area contributed by atoms with Crippen LogP contribution in [0.1, 0.15) is 21.5 Å². The van der Waals surface area contributed by atoms with Crippen molar-refractivity contribution in [3.05, 3.63) is 62.6 Å². The zero-order chi connectivity index (χ0) is 17.0. The number of rotatable bonds is 4. The first kappa shape index (κ1) is 17.5. The Morgan fingerprint density at radius 2 is 1.78 bits per heavy atom. The van der Waals surface area contributed by atoms with Gasteiger partial charge < -0.3 is 10.1 Å². The van der Waals surface area contributed by atoms with Crippen LogP contribution in [0.15, 0.2) is 40.9 Å². The van der Waals surface area contributed by atoms with Crippen molar-refractivity contribution >= 4 is 45.1 Å². The normalized spacial score (nSPS) is 10.3. The molecule has 0 saturated heterocycles. The third kappa shape index (κ3) is 4.56. The summed E-state index contributed by atoms with van der Waals surface area (Å²) in [5, 5.41) is 3.05. The topological polar surface area (TPSA) is 55.4 Å². The predicted octanol–water partition coefficient (Wildman–Crippen LogP) is 4.51. The number of hydrogen-bond donors (Lipinski definition) is 1. The van der Waals surface area contributed by atoms with Crippen molar-refractivity contribution in [1.29, 1.82) is 0 Å². The molecule has 0 aliphatic rings. The third-order valence-electron chi connectivity index (χ3n) is 3.19. The van der Waals surface area contributed by atoms with Gasteiger partial charge in [0.1, 0.15) is 0 Å². The van der Waals surface area contributed by atoms with Gasteiger partial charge in [-0.15, -0.1) is 0 Å². The van der Waals surface area contributed by atoms with Crippen molar-refractivity contribution in [2.75, 3.05) is 11.9 Å². The van der Waals surface area contributed by atoms with Gasteiger partial charge in [-0.2, -0.15) is 0 Å². The van der Waals surface area contributed by atoms with Crippen LogP contribution in [0.3, 0.4) is 0 Å². The molecule has 23 heavy (non-hydrogen) atoms. The second-order valence-electron chi connectivity index (χ2n) is 5.02. The Morgan fingerprint density at radius 1 is 1.17 bits per heavy atom. The lowest BCUT2D eigenvalue weighted by atomic mass is 10.1. The summed E-state index contributed by atoms with van der Waals surface area (Å²) >= 11 is 9.32. The Labute approximate surface area is 147 Å². The summed E-state index contributed by atoms with van der Waals surface area (Å²) in [4.78, 5) is 23.9. The number of ether oxygens (including phenoxy) is 1. The average Bonchev–Trinajstić information content (AvgIpc) is 2.49. The van der Waals surface area contributed by atoms with Crippen LogP contribution >= 0.6 is 27.5 Å². The highest BCUT2D eigenvalue weighted by Gasteiger charge is 2.14. The molecule has 2 aromatic carbocycles. The molecule has 120 valence electrons. The summed E-state index contributed by atoms with van der Waals surface area (Å²) in [7, 11) is 0. The molecule has 0 aromatic heterocycles. The minimum atomic E-state index is -0.630. The number of benzene rings is 2. The molecule has 1 amide bonds. The fourth-order valence-electron chi connectivity index (χ4n) is 2.12. The second-order valence-corrected chi connectivity index (χ2v) is 6.34. The van der Waals surface area contributed by atoms with Crippen LogP contribution < -0.4 is 5.32 Å². The number of carbonyl (C=O) groups is 2. The minimum Gasteiger partial charge on any atom is -0.452 e. The van der Waals surface area contributed by atoms with Gasteiger partial charge in [0.2, 0.25) is 0 Å². The molecule has 0 saturated carbocycles. The Balaban J connectivity index is 1.99. The number of aryl methyl sites for hydroxylation is 2. The van der Waals surface area contributed by atoms with Crippen LogP contribution in [0.25, 0.3) is 0 Å². The molecule has 4 nitrogen and oxygen atoms in total. The van der Waals surface area contributed by atoms with Gasteiger partial charge in [-0.25, -0.2) is 4.79 Å². The first-order valence-electron chi connectivity index (χ1n) is 6.86. The van der Waals surface area contributed by atoms with Crippen molar-refractivity contribution in [2.45, 2.75) is 13.8 Å². The van der Waals surface area contributed by atoms with Crippen LogP contribution in [-0.4, -0.2) is 18.5 Å². The monoisotopic (exact) mass is 395 g/mol. The Morgan fingerprint density at radius 3 is 2.39 bits per heavy atom. The zero-order valence-electron chi connectivity index (χ0n) is 12.7. The van der Waals surface area contributed by atoms with Crippen molar-refractivity contribution in [3.8, 4) is 0 Å². The molecule has 0 bridgehead atoms. The molecular formula is C17H15BrClNO3. The van der Waals surface area contributed by atoms with Crippen LogP contribution in [0.2, 0.25) is 5.02 Å². The molecule has 0 radical (unpaired) electrons. The Kier molecular flexibility index (Phi) is 5.80. The number of halogens is 2.